The van der Waals surface area contributed by atoms with Crippen LogP contribution in [-0.4, -0.2) is 32.6 Å². The fourth-order valence-electron chi connectivity index (χ4n) is 2.46. The van der Waals surface area contributed by atoms with Gasteiger partial charge in [0.2, 0.25) is 0 Å². The zero-order chi connectivity index (χ0) is 11.5. The lowest BCUT2D eigenvalue weighted by molar-refractivity contribution is 0.355. The molecule has 88 valence electrons. The van der Waals surface area contributed by atoms with E-state index in [1.54, 1.807) is 7.11 Å². The van der Waals surface area contributed by atoms with Gasteiger partial charge >= 0.3 is 0 Å². The first kappa shape index (κ1) is 11.5. The molecule has 1 aliphatic carbocycles. The van der Waals surface area contributed by atoms with Crippen LogP contribution in [0.15, 0.2) is 18.2 Å². The van der Waals surface area contributed by atoms with Crippen LogP contribution in [0.3, 0.4) is 0 Å². The van der Waals surface area contributed by atoms with Crippen molar-refractivity contribution in [2.24, 2.45) is 5.92 Å². The van der Waals surface area contributed by atoms with E-state index in [0.717, 1.165) is 11.7 Å². The van der Waals surface area contributed by atoms with E-state index in [0.29, 0.717) is 0 Å². The van der Waals surface area contributed by atoms with Crippen LogP contribution in [0.2, 0.25) is 0 Å². The van der Waals surface area contributed by atoms with Gasteiger partial charge in [0.15, 0.2) is 0 Å². The Labute approximate surface area is 98.2 Å². The predicted molar refractivity (Wildman–Crippen MR) is 67.1 cm³/mol. The third-order valence-electron chi connectivity index (χ3n) is 3.42. The van der Waals surface area contributed by atoms with Crippen LogP contribution in [0.1, 0.15) is 17.5 Å². The topological polar surface area (TPSA) is 12.5 Å². The summed E-state index contributed by atoms with van der Waals surface area (Å²) in [6.45, 7) is 1.19. The lowest BCUT2D eigenvalue weighted by Gasteiger charge is -2.13. The quantitative estimate of drug-likeness (QED) is 0.771. The number of benzene rings is 1. The molecule has 0 N–H and O–H groups in total. The van der Waals surface area contributed by atoms with Gasteiger partial charge in [-0.25, -0.2) is 0 Å². The molecule has 1 aromatic carbocycles. The smallest absolute Gasteiger partial charge is 0.119 e. The van der Waals surface area contributed by atoms with Crippen LogP contribution < -0.4 is 4.74 Å². The lowest BCUT2D eigenvalue weighted by atomic mass is 10.0. The minimum absolute atomic E-state index is 0.824. The molecule has 0 amide bonds. The van der Waals surface area contributed by atoms with Gasteiger partial charge in [0.25, 0.3) is 0 Å². The Hall–Kier alpha value is -1.02. The maximum atomic E-state index is 5.26. The van der Waals surface area contributed by atoms with Crippen LogP contribution >= 0.6 is 0 Å². The van der Waals surface area contributed by atoms with Gasteiger partial charge in [0.1, 0.15) is 5.75 Å². The average molecular weight is 219 g/mol. The highest BCUT2D eigenvalue weighted by atomic mass is 16.5. The molecular weight excluding hydrogens is 198 g/mol. The summed E-state index contributed by atoms with van der Waals surface area (Å²) in [5, 5.41) is 0. The van der Waals surface area contributed by atoms with E-state index in [4.69, 9.17) is 4.74 Å². The van der Waals surface area contributed by atoms with Gasteiger partial charge in [0, 0.05) is 0 Å². The van der Waals surface area contributed by atoms with E-state index < -0.39 is 0 Å². The van der Waals surface area contributed by atoms with E-state index in [9.17, 15) is 0 Å². The second-order valence-electron chi connectivity index (χ2n) is 5.00. The molecule has 1 atom stereocenters. The molecule has 0 bridgehead atoms. The first-order valence-electron chi connectivity index (χ1n) is 5.99. The van der Waals surface area contributed by atoms with Crippen molar-refractivity contribution in [1.82, 2.24) is 4.90 Å². The molecule has 1 aromatic rings. The average Bonchev–Trinajstić information content (AvgIpc) is 2.67. The number of methoxy groups -OCH3 is 1. The lowest BCUT2D eigenvalue weighted by Crippen LogP contribution is -2.16. The largest absolute Gasteiger partial charge is 0.497 e. The molecule has 0 heterocycles. The van der Waals surface area contributed by atoms with Gasteiger partial charge in [-0.15, -0.1) is 0 Å². The van der Waals surface area contributed by atoms with Crippen molar-refractivity contribution in [3.8, 4) is 5.75 Å². The molecule has 0 fully saturated rings. The second-order valence-corrected chi connectivity index (χ2v) is 5.00. The van der Waals surface area contributed by atoms with Gasteiger partial charge in [-0.3, -0.25) is 0 Å². The highest BCUT2D eigenvalue weighted by Gasteiger charge is 2.21. The number of fused-ring (bicyclic) bond motifs is 1. The first-order chi connectivity index (χ1) is 7.69. The van der Waals surface area contributed by atoms with Crippen LogP contribution in [0.5, 0.6) is 5.75 Å². The Balaban J connectivity index is 1.98. The van der Waals surface area contributed by atoms with Crippen LogP contribution in [0.25, 0.3) is 0 Å². The molecule has 0 saturated carbocycles. The van der Waals surface area contributed by atoms with Crippen molar-refractivity contribution in [2.45, 2.75) is 19.3 Å². The van der Waals surface area contributed by atoms with Crippen LogP contribution in [0.4, 0.5) is 0 Å². The Morgan fingerprint density at radius 3 is 2.69 bits per heavy atom. The van der Waals surface area contributed by atoms with Crippen molar-refractivity contribution in [3.05, 3.63) is 29.3 Å². The molecule has 0 spiro atoms. The number of ether oxygens (including phenoxy) is 1. The van der Waals surface area contributed by atoms with Gasteiger partial charge in [-0.2, -0.15) is 0 Å². The van der Waals surface area contributed by atoms with Crippen molar-refractivity contribution in [2.75, 3.05) is 27.7 Å². The molecule has 0 radical (unpaired) electrons. The minimum Gasteiger partial charge on any atom is -0.497 e. The van der Waals surface area contributed by atoms with Crippen LogP contribution in [-0.2, 0) is 12.8 Å². The molecule has 1 unspecified atom stereocenters. The summed E-state index contributed by atoms with van der Waals surface area (Å²) in [4.78, 5) is 2.27. The van der Waals surface area contributed by atoms with Gasteiger partial charge in [-0.05, 0) is 69.1 Å². The minimum atomic E-state index is 0.824. The molecule has 0 saturated heterocycles. The number of rotatable bonds is 4. The molecule has 2 nitrogen and oxygen atoms in total. The monoisotopic (exact) mass is 219 g/mol. The van der Waals surface area contributed by atoms with Crippen molar-refractivity contribution in [3.63, 3.8) is 0 Å². The van der Waals surface area contributed by atoms with Gasteiger partial charge < -0.3 is 9.64 Å². The highest BCUT2D eigenvalue weighted by molar-refractivity contribution is 5.39. The molecule has 16 heavy (non-hydrogen) atoms. The number of hydrogen-bond donors (Lipinski definition) is 0. The third kappa shape index (κ3) is 2.56. The summed E-state index contributed by atoms with van der Waals surface area (Å²) in [5.41, 5.74) is 3.01. The van der Waals surface area contributed by atoms with Crippen molar-refractivity contribution in [1.29, 1.82) is 0 Å². The maximum Gasteiger partial charge on any atom is 0.119 e. The Morgan fingerprint density at radius 2 is 2.00 bits per heavy atom. The number of nitrogens with zero attached hydrogens (tertiary/aromatic N) is 1. The molecule has 1 aliphatic rings. The number of hydrogen-bond acceptors (Lipinski definition) is 2. The maximum absolute atomic E-state index is 5.26. The molecule has 0 aromatic heterocycles. The second kappa shape index (κ2) is 4.88. The fourth-order valence-corrected chi connectivity index (χ4v) is 2.46. The predicted octanol–water partition coefficient (Wildman–Crippen LogP) is 2.36. The SMILES string of the molecule is COc1ccc2c(c1)CC(CCN(C)C)C2. The van der Waals surface area contributed by atoms with E-state index >= 15 is 0 Å². The summed E-state index contributed by atoms with van der Waals surface area (Å²) >= 11 is 0. The third-order valence-corrected chi connectivity index (χ3v) is 3.42. The fraction of sp³-hybridized carbons (Fsp3) is 0.571. The summed E-state index contributed by atoms with van der Waals surface area (Å²) in [7, 11) is 6.02. The summed E-state index contributed by atoms with van der Waals surface area (Å²) in [6, 6.07) is 6.50. The Morgan fingerprint density at radius 1 is 1.25 bits per heavy atom. The summed E-state index contributed by atoms with van der Waals surface area (Å²) in [5.74, 6) is 1.82. The summed E-state index contributed by atoms with van der Waals surface area (Å²) in [6.07, 6.45) is 3.76. The standard InChI is InChI=1S/C14H21NO/c1-15(2)7-6-11-8-12-4-5-14(16-3)10-13(12)9-11/h4-5,10-11H,6-9H2,1-3H3. The molecular formula is C14H21NO. The molecule has 2 heteroatoms. The Kier molecular flexibility index (Phi) is 3.49. The highest BCUT2D eigenvalue weighted by Crippen LogP contribution is 2.31. The molecule has 0 aliphatic heterocycles. The van der Waals surface area contributed by atoms with Gasteiger partial charge in [0.05, 0.1) is 7.11 Å². The summed E-state index contributed by atoms with van der Waals surface area (Å²) < 4.78 is 5.26. The first-order valence-corrected chi connectivity index (χ1v) is 5.99. The zero-order valence-electron chi connectivity index (χ0n) is 10.5. The van der Waals surface area contributed by atoms with Crippen LogP contribution in [0, 0.1) is 5.92 Å². The zero-order valence-corrected chi connectivity index (χ0v) is 10.5. The van der Waals surface area contributed by atoms with E-state index in [1.165, 1.54) is 36.9 Å². The van der Waals surface area contributed by atoms with Gasteiger partial charge in [-0.1, -0.05) is 6.07 Å². The van der Waals surface area contributed by atoms with Crippen molar-refractivity contribution >= 4 is 0 Å². The van der Waals surface area contributed by atoms with Crippen molar-refractivity contribution < 1.29 is 4.74 Å². The Bertz CT molecular complexity index is 360. The normalized spacial score (nSPS) is 18.9. The van der Waals surface area contributed by atoms with E-state index in [-0.39, 0.29) is 0 Å². The van der Waals surface area contributed by atoms with E-state index in [1.807, 2.05) is 0 Å². The van der Waals surface area contributed by atoms with E-state index in [2.05, 4.69) is 37.2 Å². The molecule has 2 rings (SSSR count).